The number of rotatable bonds is 16. The summed E-state index contributed by atoms with van der Waals surface area (Å²) in [4.78, 5) is 0. The lowest BCUT2D eigenvalue weighted by Gasteiger charge is -2.29. The van der Waals surface area contributed by atoms with Crippen molar-refractivity contribution in [2.45, 2.75) is 140 Å². The number of ether oxygens (including phenoxy) is 1. The van der Waals surface area contributed by atoms with Gasteiger partial charge in [-0.3, -0.25) is 0 Å². The summed E-state index contributed by atoms with van der Waals surface area (Å²) in [7, 11) is 0. The lowest BCUT2D eigenvalue weighted by Crippen LogP contribution is -2.27. The standard InChI is InChI=1S/C38H53F3O/c1-3-5-7-8-9-11-30-14-20-33(21-15-30)35-24-26-36(27-25-35)37(39)38(40,41)42-28-31-16-22-34(23-17-31)32-18-12-29(13-19-32)10-6-4-2/h4,16-17,22-27,29-30,32-33,37H,2-3,5-15,18-21,28H2,1H3. The molecule has 42 heavy (non-hydrogen) atoms. The van der Waals surface area contributed by atoms with Crippen molar-refractivity contribution in [2.75, 3.05) is 0 Å². The van der Waals surface area contributed by atoms with Gasteiger partial charge in [-0.2, -0.15) is 8.78 Å². The zero-order valence-electron chi connectivity index (χ0n) is 25.9. The summed E-state index contributed by atoms with van der Waals surface area (Å²) in [5.41, 5.74) is 3.01. The molecule has 0 aromatic heterocycles. The molecule has 4 rings (SSSR count). The second-order valence-corrected chi connectivity index (χ2v) is 13.1. The van der Waals surface area contributed by atoms with Crippen LogP contribution in [0, 0.1) is 11.8 Å². The Labute approximate surface area is 253 Å². The van der Waals surface area contributed by atoms with Crippen LogP contribution >= 0.6 is 0 Å². The maximum absolute atomic E-state index is 15.0. The normalized spacial score (nSPS) is 23.9. The molecule has 2 saturated carbocycles. The summed E-state index contributed by atoms with van der Waals surface area (Å²) >= 11 is 0. The molecule has 4 heteroatoms. The molecule has 0 spiro atoms. The summed E-state index contributed by atoms with van der Waals surface area (Å²) in [5, 5.41) is 0. The Morgan fingerprint density at radius 2 is 1.29 bits per heavy atom. The van der Waals surface area contributed by atoms with Crippen LogP contribution in [0.4, 0.5) is 13.2 Å². The van der Waals surface area contributed by atoms with Crippen LogP contribution in [0.3, 0.4) is 0 Å². The first-order valence-electron chi connectivity index (χ1n) is 16.8. The molecule has 0 amide bonds. The average Bonchev–Trinajstić information content (AvgIpc) is 3.03. The van der Waals surface area contributed by atoms with Gasteiger partial charge in [-0.15, -0.1) is 6.58 Å². The predicted octanol–water partition coefficient (Wildman–Crippen LogP) is 12.4. The molecular formula is C38H53F3O. The quantitative estimate of drug-likeness (QED) is 0.141. The Morgan fingerprint density at radius 3 is 1.83 bits per heavy atom. The van der Waals surface area contributed by atoms with Crippen LogP contribution in [0.5, 0.6) is 0 Å². The molecule has 2 aliphatic rings. The first-order valence-corrected chi connectivity index (χ1v) is 16.8. The summed E-state index contributed by atoms with van der Waals surface area (Å²) in [5.74, 6) is 2.57. The van der Waals surface area contributed by atoms with Crippen molar-refractivity contribution in [3.8, 4) is 0 Å². The van der Waals surface area contributed by atoms with E-state index in [0.29, 0.717) is 17.4 Å². The molecule has 1 nitrogen and oxygen atoms in total. The van der Waals surface area contributed by atoms with E-state index >= 15 is 0 Å². The van der Waals surface area contributed by atoms with Crippen LogP contribution in [0.15, 0.2) is 61.2 Å². The van der Waals surface area contributed by atoms with E-state index in [0.717, 1.165) is 36.7 Å². The van der Waals surface area contributed by atoms with Gasteiger partial charge in [-0.25, -0.2) is 4.39 Å². The fourth-order valence-electron chi connectivity index (χ4n) is 7.23. The largest absolute Gasteiger partial charge is 0.391 e. The Kier molecular flexibility index (Phi) is 13.0. The van der Waals surface area contributed by atoms with E-state index in [4.69, 9.17) is 4.74 Å². The van der Waals surface area contributed by atoms with Crippen molar-refractivity contribution in [3.05, 3.63) is 83.4 Å². The predicted molar refractivity (Wildman–Crippen MR) is 169 cm³/mol. The van der Waals surface area contributed by atoms with E-state index in [-0.39, 0.29) is 12.2 Å². The first-order chi connectivity index (χ1) is 20.4. The minimum atomic E-state index is -3.89. The third kappa shape index (κ3) is 9.73. The van der Waals surface area contributed by atoms with Crippen molar-refractivity contribution < 1.29 is 17.9 Å². The molecule has 0 radical (unpaired) electrons. The van der Waals surface area contributed by atoms with Crippen molar-refractivity contribution >= 4 is 0 Å². The molecule has 1 unspecified atom stereocenters. The number of hydrogen-bond donors (Lipinski definition) is 0. The van der Waals surface area contributed by atoms with Gasteiger partial charge in [0.05, 0.1) is 6.61 Å². The van der Waals surface area contributed by atoms with Gasteiger partial charge in [0.15, 0.2) is 0 Å². The van der Waals surface area contributed by atoms with Gasteiger partial charge < -0.3 is 4.74 Å². The van der Waals surface area contributed by atoms with Gasteiger partial charge in [0.1, 0.15) is 0 Å². The number of hydrogen-bond acceptors (Lipinski definition) is 1. The number of alkyl halides is 3. The SMILES string of the molecule is C=CCCC1CCC(c2ccc(COC(F)(F)C(F)c3ccc(C4CCC(CCCCCCC)CC4)cc3)cc2)CC1. The van der Waals surface area contributed by atoms with Crippen LogP contribution in [-0.2, 0) is 11.3 Å². The van der Waals surface area contributed by atoms with Crippen LogP contribution in [0.2, 0.25) is 0 Å². The monoisotopic (exact) mass is 582 g/mol. The number of benzene rings is 2. The Bertz CT molecular complexity index is 1030. The second kappa shape index (κ2) is 16.7. The molecule has 0 aliphatic heterocycles. The van der Waals surface area contributed by atoms with E-state index in [1.807, 2.05) is 42.5 Å². The summed E-state index contributed by atoms with van der Waals surface area (Å²) in [6, 6.07) is 14.5. The lowest BCUT2D eigenvalue weighted by atomic mass is 9.77. The summed E-state index contributed by atoms with van der Waals surface area (Å²) in [6.07, 6.45) is 15.4. The molecular weight excluding hydrogens is 529 g/mol. The van der Waals surface area contributed by atoms with Gasteiger partial charge in [0, 0.05) is 0 Å². The smallest absolute Gasteiger partial charge is 0.313 e. The molecule has 0 heterocycles. The molecule has 0 N–H and O–H groups in total. The van der Waals surface area contributed by atoms with Crippen LogP contribution in [0.25, 0.3) is 0 Å². The van der Waals surface area contributed by atoms with Gasteiger partial charge in [0.2, 0.25) is 6.17 Å². The average molecular weight is 583 g/mol. The molecule has 2 aromatic carbocycles. The highest BCUT2D eigenvalue weighted by Crippen LogP contribution is 2.41. The van der Waals surface area contributed by atoms with Crippen molar-refractivity contribution in [2.24, 2.45) is 11.8 Å². The minimum Gasteiger partial charge on any atom is -0.313 e. The maximum Gasteiger partial charge on any atom is 0.391 e. The lowest BCUT2D eigenvalue weighted by molar-refractivity contribution is -0.282. The van der Waals surface area contributed by atoms with Crippen molar-refractivity contribution in [1.29, 1.82) is 0 Å². The third-order valence-electron chi connectivity index (χ3n) is 10.1. The van der Waals surface area contributed by atoms with Crippen LogP contribution < -0.4 is 0 Å². The van der Waals surface area contributed by atoms with E-state index in [2.05, 4.69) is 13.5 Å². The van der Waals surface area contributed by atoms with E-state index in [1.165, 1.54) is 101 Å². The zero-order chi connectivity index (χ0) is 29.8. The highest BCUT2D eigenvalue weighted by atomic mass is 19.3. The van der Waals surface area contributed by atoms with Gasteiger partial charge in [-0.1, -0.05) is 100 Å². The van der Waals surface area contributed by atoms with E-state index < -0.39 is 12.3 Å². The third-order valence-corrected chi connectivity index (χ3v) is 10.1. The Morgan fingerprint density at radius 1 is 0.762 bits per heavy atom. The minimum absolute atomic E-state index is 0.0245. The highest BCUT2D eigenvalue weighted by Gasteiger charge is 2.43. The topological polar surface area (TPSA) is 9.23 Å². The molecule has 2 aliphatic carbocycles. The van der Waals surface area contributed by atoms with Crippen LogP contribution in [-0.4, -0.2) is 6.11 Å². The fraction of sp³-hybridized carbons (Fsp3) is 0.632. The Hall–Kier alpha value is -2.07. The number of halogens is 3. The first kappa shape index (κ1) is 32.8. The molecule has 2 fully saturated rings. The number of allylic oxidation sites excluding steroid dienone is 1. The zero-order valence-corrected chi connectivity index (χ0v) is 25.9. The summed E-state index contributed by atoms with van der Waals surface area (Å²) < 4.78 is 49.3. The molecule has 0 bridgehead atoms. The second-order valence-electron chi connectivity index (χ2n) is 13.1. The highest BCUT2D eigenvalue weighted by molar-refractivity contribution is 5.28. The summed E-state index contributed by atoms with van der Waals surface area (Å²) in [6.45, 7) is 5.76. The van der Waals surface area contributed by atoms with Gasteiger partial charge in [-0.05, 0) is 110 Å². The van der Waals surface area contributed by atoms with Crippen molar-refractivity contribution in [1.82, 2.24) is 0 Å². The fourth-order valence-corrected chi connectivity index (χ4v) is 7.23. The molecule has 2 aromatic rings. The van der Waals surface area contributed by atoms with Gasteiger partial charge in [0.25, 0.3) is 0 Å². The molecule has 232 valence electrons. The van der Waals surface area contributed by atoms with Gasteiger partial charge >= 0.3 is 6.11 Å². The van der Waals surface area contributed by atoms with Crippen molar-refractivity contribution in [3.63, 3.8) is 0 Å². The Balaban J connectivity index is 1.20. The molecule has 1 atom stereocenters. The maximum atomic E-state index is 15.0. The van der Waals surface area contributed by atoms with E-state index in [9.17, 15) is 13.2 Å². The van der Waals surface area contributed by atoms with E-state index in [1.54, 1.807) is 0 Å². The van der Waals surface area contributed by atoms with Crippen LogP contribution in [0.1, 0.15) is 150 Å². The number of unbranched alkanes of at least 4 members (excludes halogenated alkanes) is 4. The molecule has 0 saturated heterocycles.